The molecule has 0 spiro atoms. The van der Waals surface area contributed by atoms with E-state index in [1.165, 1.54) is 0 Å². The molecule has 0 aromatic heterocycles. The van der Waals surface area contributed by atoms with Crippen LogP contribution < -0.4 is 5.32 Å². The maximum absolute atomic E-state index is 13.5. The molecule has 1 aromatic rings. The molecule has 3 heteroatoms. The van der Waals surface area contributed by atoms with E-state index in [2.05, 4.69) is 36.5 Å². The van der Waals surface area contributed by atoms with Gasteiger partial charge in [-0.1, -0.05) is 42.5 Å². The average molecular weight is 339 g/mol. The SMILES string of the molecule is C[C@]1(OC(=O)C2(c3ccccc3)CC=CCCC2)CC2CNCCC21. The summed E-state index contributed by atoms with van der Waals surface area (Å²) in [6.45, 7) is 4.27. The number of hydrogen-bond acceptors (Lipinski definition) is 3. The van der Waals surface area contributed by atoms with E-state index >= 15 is 0 Å². The lowest BCUT2D eigenvalue weighted by Gasteiger charge is -2.55. The summed E-state index contributed by atoms with van der Waals surface area (Å²) in [6, 6.07) is 10.3. The van der Waals surface area contributed by atoms with Crippen LogP contribution in [0.5, 0.6) is 0 Å². The van der Waals surface area contributed by atoms with Gasteiger partial charge in [0.15, 0.2) is 0 Å². The van der Waals surface area contributed by atoms with Gasteiger partial charge in [-0.2, -0.15) is 0 Å². The van der Waals surface area contributed by atoms with Gasteiger partial charge in [0.2, 0.25) is 0 Å². The summed E-state index contributed by atoms with van der Waals surface area (Å²) in [5, 5.41) is 3.46. The van der Waals surface area contributed by atoms with Crippen LogP contribution in [0.4, 0.5) is 0 Å². The minimum Gasteiger partial charge on any atom is -0.458 e. The molecule has 25 heavy (non-hydrogen) atoms. The summed E-state index contributed by atoms with van der Waals surface area (Å²) in [5.41, 5.74) is 0.313. The van der Waals surface area contributed by atoms with Crippen LogP contribution in [0.2, 0.25) is 0 Å². The number of hydrogen-bond donors (Lipinski definition) is 1. The highest BCUT2D eigenvalue weighted by molar-refractivity contribution is 5.84. The molecule has 1 aromatic carbocycles. The summed E-state index contributed by atoms with van der Waals surface area (Å²) in [7, 11) is 0. The Labute approximate surface area is 150 Å². The number of rotatable bonds is 3. The molecule has 0 radical (unpaired) electrons. The Morgan fingerprint density at radius 2 is 2.08 bits per heavy atom. The Hall–Kier alpha value is -1.61. The summed E-state index contributed by atoms with van der Waals surface area (Å²) < 4.78 is 6.30. The molecule has 3 aliphatic rings. The lowest BCUT2D eigenvalue weighted by molar-refractivity contribution is -0.200. The van der Waals surface area contributed by atoms with Crippen molar-refractivity contribution in [3.8, 4) is 0 Å². The van der Waals surface area contributed by atoms with Crippen LogP contribution in [-0.2, 0) is 14.9 Å². The van der Waals surface area contributed by atoms with Crippen molar-refractivity contribution in [2.75, 3.05) is 13.1 Å². The number of allylic oxidation sites excluding steroid dienone is 2. The molecule has 4 rings (SSSR count). The zero-order valence-corrected chi connectivity index (χ0v) is 15.2. The Balaban J connectivity index is 1.59. The highest BCUT2D eigenvalue weighted by atomic mass is 16.6. The molecule has 134 valence electrons. The lowest BCUT2D eigenvalue weighted by Crippen LogP contribution is -2.61. The number of ether oxygens (including phenoxy) is 1. The average Bonchev–Trinajstić information content (AvgIpc) is 2.89. The Morgan fingerprint density at radius 3 is 2.88 bits per heavy atom. The van der Waals surface area contributed by atoms with E-state index in [0.717, 1.165) is 57.2 Å². The summed E-state index contributed by atoms with van der Waals surface area (Å²) in [6.07, 6.45) is 10.2. The molecule has 0 amide bonds. The van der Waals surface area contributed by atoms with Crippen LogP contribution in [0, 0.1) is 11.8 Å². The number of benzene rings is 1. The number of esters is 1. The number of carbonyl (C=O) groups is 1. The van der Waals surface area contributed by atoms with Gasteiger partial charge in [-0.25, -0.2) is 0 Å². The third-order valence-corrected chi connectivity index (χ3v) is 6.71. The third kappa shape index (κ3) is 2.93. The molecule has 0 bridgehead atoms. The molecule has 3 nitrogen and oxygen atoms in total. The maximum Gasteiger partial charge on any atom is 0.317 e. The first kappa shape index (κ1) is 16.8. The van der Waals surface area contributed by atoms with Gasteiger partial charge in [-0.05, 0) is 70.0 Å². The standard InChI is InChI=1S/C22H29NO2/c1-21(15-17-16-23-14-11-19(17)21)25-20(24)22(12-7-2-3-8-13-22)18-9-5-4-6-10-18/h2,4-7,9-10,17,19,23H,3,8,11-16H2,1H3/t17?,19?,21-,22?/m0/s1. The van der Waals surface area contributed by atoms with E-state index in [4.69, 9.17) is 4.74 Å². The molecule has 1 N–H and O–H groups in total. The molecule has 1 aliphatic heterocycles. The van der Waals surface area contributed by atoms with Crippen LogP contribution in [0.1, 0.15) is 51.0 Å². The van der Waals surface area contributed by atoms with Gasteiger partial charge in [-0.15, -0.1) is 0 Å². The van der Waals surface area contributed by atoms with Crippen LogP contribution in [0.3, 0.4) is 0 Å². The second-order valence-corrected chi connectivity index (χ2v) is 8.28. The van der Waals surface area contributed by atoms with Crippen LogP contribution in [0.15, 0.2) is 42.5 Å². The molecule has 1 saturated carbocycles. The third-order valence-electron chi connectivity index (χ3n) is 6.71. The smallest absolute Gasteiger partial charge is 0.317 e. The van der Waals surface area contributed by atoms with Gasteiger partial charge in [-0.3, -0.25) is 4.79 Å². The Kier molecular flexibility index (Phi) is 4.45. The van der Waals surface area contributed by atoms with Crippen molar-refractivity contribution in [2.24, 2.45) is 11.8 Å². The van der Waals surface area contributed by atoms with E-state index in [0.29, 0.717) is 11.8 Å². The predicted molar refractivity (Wildman–Crippen MR) is 99.3 cm³/mol. The highest BCUT2D eigenvalue weighted by Gasteiger charge is 2.55. The van der Waals surface area contributed by atoms with E-state index in [1.807, 2.05) is 18.2 Å². The fraction of sp³-hybridized carbons (Fsp3) is 0.591. The Bertz CT molecular complexity index is 655. The van der Waals surface area contributed by atoms with Crippen LogP contribution in [0.25, 0.3) is 0 Å². The van der Waals surface area contributed by atoms with Gasteiger partial charge in [0.1, 0.15) is 5.60 Å². The number of piperidine rings is 1. The second kappa shape index (κ2) is 6.60. The molecular weight excluding hydrogens is 310 g/mol. The second-order valence-electron chi connectivity index (χ2n) is 8.28. The number of carbonyl (C=O) groups excluding carboxylic acids is 1. The van der Waals surface area contributed by atoms with Crippen molar-refractivity contribution in [1.29, 1.82) is 0 Å². The van der Waals surface area contributed by atoms with Crippen molar-refractivity contribution >= 4 is 5.97 Å². The van der Waals surface area contributed by atoms with Gasteiger partial charge < -0.3 is 10.1 Å². The molecule has 2 fully saturated rings. The normalized spacial score (nSPS) is 37.5. The first-order chi connectivity index (χ1) is 12.1. The van der Waals surface area contributed by atoms with Crippen LogP contribution >= 0.6 is 0 Å². The molecule has 3 unspecified atom stereocenters. The predicted octanol–water partition coefficient (Wildman–Crippen LogP) is 3.99. The van der Waals surface area contributed by atoms with Gasteiger partial charge in [0.05, 0.1) is 5.41 Å². The van der Waals surface area contributed by atoms with Crippen molar-refractivity contribution in [1.82, 2.24) is 5.32 Å². The zero-order valence-electron chi connectivity index (χ0n) is 15.2. The molecule has 4 atom stereocenters. The van der Waals surface area contributed by atoms with Gasteiger partial charge in [0.25, 0.3) is 0 Å². The topological polar surface area (TPSA) is 38.3 Å². The number of fused-ring (bicyclic) bond motifs is 1. The minimum atomic E-state index is -0.519. The number of nitrogens with one attached hydrogen (secondary N) is 1. The first-order valence-electron chi connectivity index (χ1n) is 9.79. The van der Waals surface area contributed by atoms with Crippen molar-refractivity contribution < 1.29 is 9.53 Å². The summed E-state index contributed by atoms with van der Waals surface area (Å²) >= 11 is 0. The van der Waals surface area contributed by atoms with Gasteiger partial charge in [0, 0.05) is 5.92 Å². The lowest BCUT2D eigenvalue weighted by atomic mass is 9.59. The monoisotopic (exact) mass is 339 g/mol. The van der Waals surface area contributed by atoms with E-state index in [-0.39, 0.29) is 11.6 Å². The van der Waals surface area contributed by atoms with Crippen LogP contribution in [-0.4, -0.2) is 24.7 Å². The maximum atomic E-state index is 13.5. The fourth-order valence-corrected chi connectivity index (χ4v) is 5.23. The molecule has 1 saturated heterocycles. The highest BCUT2D eigenvalue weighted by Crippen LogP contribution is 2.51. The van der Waals surface area contributed by atoms with E-state index in [1.54, 1.807) is 0 Å². The van der Waals surface area contributed by atoms with Gasteiger partial charge >= 0.3 is 5.97 Å². The summed E-state index contributed by atoms with van der Waals surface area (Å²) in [4.78, 5) is 13.5. The van der Waals surface area contributed by atoms with Crippen molar-refractivity contribution in [2.45, 2.75) is 56.5 Å². The van der Waals surface area contributed by atoms with Crippen molar-refractivity contribution in [3.05, 3.63) is 48.0 Å². The van der Waals surface area contributed by atoms with E-state index < -0.39 is 5.41 Å². The minimum absolute atomic E-state index is 0.00951. The van der Waals surface area contributed by atoms with E-state index in [9.17, 15) is 4.79 Å². The fourth-order valence-electron chi connectivity index (χ4n) is 5.23. The summed E-state index contributed by atoms with van der Waals surface area (Å²) in [5.74, 6) is 1.19. The zero-order chi connectivity index (χ0) is 17.3. The molecule has 1 heterocycles. The van der Waals surface area contributed by atoms with Crippen molar-refractivity contribution in [3.63, 3.8) is 0 Å². The largest absolute Gasteiger partial charge is 0.458 e. The first-order valence-corrected chi connectivity index (χ1v) is 9.79. The Morgan fingerprint density at radius 1 is 1.24 bits per heavy atom. The molecule has 2 aliphatic carbocycles. The molecular formula is C22H29NO2. The quantitative estimate of drug-likeness (QED) is 0.668.